The van der Waals surface area contributed by atoms with E-state index < -0.39 is 0 Å². The highest BCUT2D eigenvalue weighted by molar-refractivity contribution is 4.69. The number of unbranched alkanes of at least 4 members (excludes halogenated alkanes) is 1. The lowest BCUT2D eigenvalue weighted by atomic mass is 10.1. The van der Waals surface area contributed by atoms with Crippen LogP contribution in [0.5, 0.6) is 0 Å². The van der Waals surface area contributed by atoms with Gasteiger partial charge in [-0.1, -0.05) is 12.8 Å². The van der Waals surface area contributed by atoms with Crippen LogP contribution in [0.25, 0.3) is 0 Å². The predicted octanol–water partition coefficient (Wildman–Crippen LogP) is 0.524. The summed E-state index contributed by atoms with van der Waals surface area (Å²) in [6, 6.07) is 0. The first-order valence-electron chi connectivity index (χ1n) is 6.60. The molecule has 2 N–H and O–H groups in total. The molecule has 94 valence electrons. The van der Waals surface area contributed by atoms with Gasteiger partial charge in [-0.15, -0.1) is 0 Å². The fourth-order valence-electron chi connectivity index (χ4n) is 2.35. The minimum absolute atomic E-state index is 0.444. The monoisotopic (exact) mass is 228 g/mol. The summed E-state index contributed by atoms with van der Waals surface area (Å²) >= 11 is 0. The standard InChI is InChI=1S/C12H24N2O2/c1(3-11-9-13-5-7-15-11)2-4-12-10-14-6-8-16-12/h11-14H,1-10H2. The van der Waals surface area contributed by atoms with Crippen LogP contribution in [0.2, 0.25) is 0 Å². The Balaban J connectivity index is 1.47. The topological polar surface area (TPSA) is 42.5 Å². The minimum atomic E-state index is 0.444. The average Bonchev–Trinajstić information content (AvgIpc) is 2.37. The molecular formula is C12H24N2O2. The first-order valence-corrected chi connectivity index (χ1v) is 6.60. The van der Waals surface area contributed by atoms with E-state index in [0.29, 0.717) is 12.2 Å². The van der Waals surface area contributed by atoms with Crippen LogP contribution in [0.1, 0.15) is 25.7 Å². The molecule has 2 saturated heterocycles. The molecule has 2 fully saturated rings. The second-order valence-electron chi connectivity index (χ2n) is 4.68. The van der Waals surface area contributed by atoms with Gasteiger partial charge in [-0.25, -0.2) is 0 Å². The van der Waals surface area contributed by atoms with Crippen molar-refractivity contribution in [2.24, 2.45) is 0 Å². The van der Waals surface area contributed by atoms with E-state index in [1.54, 1.807) is 0 Å². The minimum Gasteiger partial charge on any atom is -0.376 e. The highest BCUT2D eigenvalue weighted by Gasteiger charge is 2.15. The summed E-state index contributed by atoms with van der Waals surface area (Å²) in [5.74, 6) is 0. The molecule has 2 heterocycles. The predicted molar refractivity (Wildman–Crippen MR) is 63.7 cm³/mol. The molecule has 4 nitrogen and oxygen atoms in total. The SMILES string of the molecule is C(CCC1CNCCO1)CC1CNCCO1. The van der Waals surface area contributed by atoms with Gasteiger partial charge in [0.1, 0.15) is 0 Å². The molecule has 0 amide bonds. The lowest BCUT2D eigenvalue weighted by molar-refractivity contribution is 0.0133. The number of rotatable bonds is 5. The first-order chi connectivity index (χ1) is 7.95. The van der Waals surface area contributed by atoms with Crippen LogP contribution >= 0.6 is 0 Å². The summed E-state index contributed by atoms with van der Waals surface area (Å²) in [6.45, 7) is 5.83. The van der Waals surface area contributed by atoms with Gasteiger partial charge in [0.15, 0.2) is 0 Å². The smallest absolute Gasteiger partial charge is 0.0700 e. The summed E-state index contributed by atoms with van der Waals surface area (Å²) in [6.07, 6.45) is 5.77. The van der Waals surface area contributed by atoms with Crippen LogP contribution < -0.4 is 10.6 Å². The van der Waals surface area contributed by atoms with Crippen molar-refractivity contribution < 1.29 is 9.47 Å². The van der Waals surface area contributed by atoms with Crippen LogP contribution in [0.3, 0.4) is 0 Å². The Morgan fingerprint density at radius 3 is 1.69 bits per heavy atom. The number of morpholine rings is 2. The third kappa shape index (κ3) is 4.37. The molecule has 2 rings (SSSR count). The zero-order chi connectivity index (χ0) is 11.1. The fourth-order valence-corrected chi connectivity index (χ4v) is 2.35. The van der Waals surface area contributed by atoms with Crippen molar-refractivity contribution >= 4 is 0 Å². The van der Waals surface area contributed by atoms with E-state index >= 15 is 0 Å². The Hall–Kier alpha value is -0.160. The lowest BCUT2D eigenvalue weighted by Crippen LogP contribution is -2.39. The third-order valence-electron chi connectivity index (χ3n) is 3.31. The van der Waals surface area contributed by atoms with Gasteiger partial charge < -0.3 is 20.1 Å². The van der Waals surface area contributed by atoms with Gasteiger partial charge in [-0.2, -0.15) is 0 Å². The summed E-state index contributed by atoms with van der Waals surface area (Å²) < 4.78 is 11.3. The molecule has 0 aromatic rings. The molecule has 0 radical (unpaired) electrons. The summed E-state index contributed by atoms with van der Waals surface area (Å²) in [5, 5.41) is 6.73. The molecule has 2 unspecified atom stereocenters. The zero-order valence-electron chi connectivity index (χ0n) is 10.0. The molecule has 0 bridgehead atoms. The summed E-state index contributed by atoms with van der Waals surface area (Å²) in [7, 11) is 0. The van der Waals surface area contributed by atoms with Crippen molar-refractivity contribution in [1.29, 1.82) is 0 Å². The van der Waals surface area contributed by atoms with Crippen LogP contribution in [-0.2, 0) is 9.47 Å². The molecule has 4 heteroatoms. The summed E-state index contributed by atoms with van der Waals surface area (Å²) in [5.41, 5.74) is 0. The molecule has 0 saturated carbocycles. The zero-order valence-corrected chi connectivity index (χ0v) is 10.0. The van der Waals surface area contributed by atoms with E-state index in [1.807, 2.05) is 0 Å². The van der Waals surface area contributed by atoms with E-state index in [0.717, 1.165) is 39.4 Å². The number of hydrogen-bond acceptors (Lipinski definition) is 4. The van der Waals surface area contributed by atoms with Gasteiger partial charge in [0.05, 0.1) is 25.4 Å². The fraction of sp³-hybridized carbons (Fsp3) is 1.00. The van der Waals surface area contributed by atoms with Crippen molar-refractivity contribution in [3.63, 3.8) is 0 Å². The quantitative estimate of drug-likeness (QED) is 0.673. The molecule has 0 aliphatic carbocycles. The number of nitrogens with one attached hydrogen (secondary N) is 2. The van der Waals surface area contributed by atoms with Crippen LogP contribution in [0.4, 0.5) is 0 Å². The van der Waals surface area contributed by atoms with E-state index in [9.17, 15) is 0 Å². The van der Waals surface area contributed by atoms with E-state index in [1.165, 1.54) is 25.7 Å². The van der Waals surface area contributed by atoms with Crippen molar-refractivity contribution in [3.05, 3.63) is 0 Å². The van der Waals surface area contributed by atoms with Crippen LogP contribution in [-0.4, -0.2) is 51.6 Å². The van der Waals surface area contributed by atoms with Crippen molar-refractivity contribution in [1.82, 2.24) is 10.6 Å². The largest absolute Gasteiger partial charge is 0.376 e. The van der Waals surface area contributed by atoms with Gasteiger partial charge in [0, 0.05) is 26.2 Å². The Morgan fingerprint density at radius 2 is 1.31 bits per heavy atom. The Morgan fingerprint density at radius 1 is 0.812 bits per heavy atom. The highest BCUT2D eigenvalue weighted by Crippen LogP contribution is 2.12. The molecule has 16 heavy (non-hydrogen) atoms. The van der Waals surface area contributed by atoms with Crippen molar-refractivity contribution in [3.8, 4) is 0 Å². The van der Waals surface area contributed by atoms with Gasteiger partial charge in [-0.05, 0) is 12.8 Å². The summed E-state index contributed by atoms with van der Waals surface area (Å²) in [4.78, 5) is 0. The molecule has 0 aromatic carbocycles. The van der Waals surface area contributed by atoms with Crippen LogP contribution in [0.15, 0.2) is 0 Å². The molecule has 2 atom stereocenters. The van der Waals surface area contributed by atoms with Gasteiger partial charge in [0.2, 0.25) is 0 Å². The Kier molecular flexibility index (Phi) is 5.55. The average molecular weight is 228 g/mol. The lowest BCUT2D eigenvalue weighted by Gasteiger charge is -2.25. The van der Waals surface area contributed by atoms with Gasteiger partial charge in [-0.3, -0.25) is 0 Å². The molecule has 0 spiro atoms. The maximum absolute atomic E-state index is 5.66. The molecule has 2 aliphatic rings. The normalized spacial score (nSPS) is 31.5. The highest BCUT2D eigenvalue weighted by atomic mass is 16.5. The van der Waals surface area contributed by atoms with E-state index in [4.69, 9.17) is 9.47 Å². The van der Waals surface area contributed by atoms with E-state index in [2.05, 4.69) is 10.6 Å². The maximum atomic E-state index is 5.66. The number of ether oxygens (including phenoxy) is 2. The molecular weight excluding hydrogens is 204 g/mol. The van der Waals surface area contributed by atoms with Crippen molar-refractivity contribution in [2.45, 2.75) is 37.9 Å². The van der Waals surface area contributed by atoms with Crippen LogP contribution in [0, 0.1) is 0 Å². The van der Waals surface area contributed by atoms with Gasteiger partial charge in [0.25, 0.3) is 0 Å². The maximum Gasteiger partial charge on any atom is 0.0700 e. The second kappa shape index (κ2) is 7.22. The molecule has 2 aliphatic heterocycles. The van der Waals surface area contributed by atoms with Crippen molar-refractivity contribution in [2.75, 3.05) is 39.4 Å². The molecule has 0 aromatic heterocycles. The number of hydrogen-bond donors (Lipinski definition) is 2. The Bertz CT molecular complexity index is 158. The van der Waals surface area contributed by atoms with E-state index in [-0.39, 0.29) is 0 Å². The third-order valence-corrected chi connectivity index (χ3v) is 3.31. The first kappa shape index (κ1) is 12.3. The second-order valence-corrected chi connectivity index (χ2v) is 4.68. The Labute approximate surface area is 98.1 Å². The van der Waals surface area contributed by atoms with Gasteiger partial charge >= 0.3 is 0 Å².